The lowest BCUT2D eigenvalue weighted by atomic mass is 10.2. The van der Waals surface area contributed by atoms with Crippen LogP contribution in [0, 0.1) is 6.92 Å². The summed E-state index contributed by atoms with van der Waals surface area (Å²) in [5, 5.41) is 13.8. The van der Waals surface area contributed by atoms with E-state index in [-0.39, 0.29) is 6.61 Å². The molecule has 2 rings (SSSR count). The van der Waals surface area contributed by atoms with E-state index in [0.29, 0.717) is 6.10 Å². The summed E-state index contributed by atoms with van der Waals surface area (Å²) in [4.78, 5) is 2.13. The first-order valence-electron chi connectivity index (χ1n) is 6.09. The molecule has 0 amide bonds. The first kappa shape index (κ1) is 12.4. The van der Waals surface area contributed by atoms with Crippen LogP contribution >= 0.6 is 0 Å². The van der Waals surface area contributed by atoms with Gasteiger partial charge in [-0.15, -0.1) is 0 Å². The molecule has 0 saturated carbocycles. The van der Waals surface area contributed by atoms with Crippen molar-refractivity contribution in [3.05, 3.63) is 11.3 Å². The second-order valence-electron chi connectivity index (χ2n) is 4.68. The Hall–Kier alpha value is -1.07. The molecule has 1 saturated heterocycles. The van der Waals surface area contributed by atoms with Crippen molar-refractivity contribution in [2.75, 3.05) is 25.1 Å². The lowest BCUT2D eigenvalue weighted by molar-refractivity contribution is 0.116. The number of aliphatic hydroxyl groups excluding tert-OH is 1. The standard InChI is InChI=1S/C12H21N3O2/c1-9-11(8-16)12(15(3)13-9)14(2)7-10-5-4-6-17-10/h10,16H,4-8H2,1-3H3. The molecule has 5 heteroatoms. The van der Waals surface area contributed by atoms with Crippen molar-refractivity contribution in [1.82, 2.24) is 9.78 Å². The van der Waals surface area contributed by atoms with Gasteiger partial charge in [0.1, 0.15) is 5.82 Å². The maximum Gasteiger partial charge on any atom is 0.132 e. The summed E-state index contributed by atoms with van der Waals surface area (Å²) in [5.41, 5.74) is 1.80. The normalized spacial score (nSPS) is 19.9. The highest BCUT2D eigenvalue weighted by atomic mass is 16.5. The Bertz CT molecular complexity index is 383. The topological polar surface area (TPSA) is 50.5 Å². The van der Waals surface area contributed by atoms with Crippen LogP contribution in [0.5, 0.6) is 0 Å². The third kappa shape index (κ3) is 2.45. The molecule has 0 bridgehead atoms. The second kappa shape index (κ2) is 5.06. The zero-order valence-corrected chi connectivity index (χ0v) is 10.8. The predicted octanol–water partition coefficient (Wildman–Crippen LogP) is 0.836. The van der Waals surface area contributed by atoms with Crippen LogP contribution in [0.4, 0.5) is 5.82 Å². The van der Waals surface area contributed by atoms with Gasteiger partial charge in [0.05, 0.1) is 18.4 Å². The molecule has 1 aliphatic rings. The summed E-state index contributed by atoms with van der Waals surface area (Å²) in [5.74, 6) is 0.987. The number of aliphatic hydroxyl groups is 1. The lowest BCUT2D eigenvalue weighted by Crippen LogP contribution is -2.30. The van der Waals surface area contributed by atoms with Crippen molar-refractivity contribution in [3.8, 4) is 0 Å². The number of ether oxygens (including phenoxy) is 1. The van der Waals surface area contributed by atoms with Crippen molar-refractivity contribution in [2.45, 2.75) is 32.5 Å². The molecule has 1 aromatic heterocycles. The van der Waals surface area contributed by atoms with Gasteiger partial charge in [0.25, 0.3) is 0 Å². The van der Waals surface area contributed by atoms with E-state index in [1.165, 1.54) is 0 Å². The van der Waals surface area contributed by atoms with Crippen LogP contribution in [0.2, 0.25) is 0 Å². The number of nitrogens with zero attached hydrogens (tertiary/aromatic N) is 3. The number of aryl methyl sites for hydroxylation is 2. The summed E-state index contributed by atoms with van der Waals surface area (Å²) >= 11 is 0. The summed E-state index contributed by atoms with van der Waals surface area (Å²) in [6.45, 7) is 3.68. The number of likely N-dealkylation sites (N-methyl/N-ethyl adjacent to an activating group) is 1. The molecule has 5 nitrogen and oxygen atoms in total. The van der Waals surface area contributed by atoms with Gasteiger partial charge in [-0.25, -0.2) is 0 Å². The zero-order chi connectivity index (χ0) is 12.4. The maximum atomic E-state index is 9.41. The Morgan fingerprint density at radius 1 is 1.59 bits per heavy atom. The van der Waals surface area contributed by atoms with E-state index >= 15 is 0 Å². The van der Waals surface area contributed by atoms with Crippen LogP contribution in [-0.2, 0) is 18.4 Å². The fraction of sp³-hybridized carbons (Fsp3) is 0.750. The van der Waals surface area contributed by atoms with Gasteiger partial charge in [0.2, 0.25) is 0 Å². The van der Waals surface area contributed by atoms with E-state index in [1.54, 1.807) is 0 Å². The number of rotatable bonds is 4. The van der Waals surface area contributed by atoms with Crippen LogP contribution in [0.1, 0.15) is 24.1 Å². The number of hydrogen-bond acceptors (Lipinski definition) is 4. The summed E-state index contributed by atoms with van der Waals surface area (Å²) < 4.78 is 7.46. The minimum Gasteiger partial charge on any atom is -0.391 e. The molecule has 1 fully saturated rings. The molecule has 1 aromatic rings. The molecular formula is C12H21N3O2. The molecule has 1 N–H and O–H groups in total. The second-order valence-corrected chi connectivity index (χ2v) is 4.68. The van der Waals surface area contributed by atoms with Gasteiger partial charge in [0.15, 0.2) is 0 Å². The predicted molar refractivity (Wildman–Crippen MR) is 66.1 cm³/mol. The monoisotopic (exact) mass is 239 g/mol. The van der Waals surface area contributed by atoms with E-state index in [4.69, 9.17) is 4.74 Å². The molecule has 1 aliphatic heterocycles. The highest BCUT2D eigenvalue weighted by molar-refractivity contribution is 5.49. The average Bonchev–Trinajstić information content (AvgIpc) is 2.85. The van der Waals surface area contributed by atoms with Gasteiger partial charge in [-0.1, -0.05) is 0 Å². The Morgan fingerprint density at radius 2 is 2.35 bits per heavy atom. The van der Waals surface area contributed by atoms with Crippen LogP contribution in [0.15, 0.2) is 0 Å². The lowest BCUT2D eigenvalue weighted by Gasteiger charge is -2.23. The molecule has 1 unspecified atom stereocenters. The minimum absolute atomic E-state index is 0.0326. The average molecular weight is 239 g/mol. The number of aromatic nitrogens is 2. The van der Waals surface area contributed by atoms with Crippen molar-refractivity contribution < 1.29 is 9.84 Å². The third-order valence-corrected chi connectivity index (χ3v) is 3.33. The van der Waals surface area contributed by atoms with E-state index in [9.17, 15) is 5.11 Å². The Morgan fingerprint density at radius 3 is 2.94 bits per heavy atom. The van der Waals surface area contributed by atoms with Crippen LogP contribution < -0.4 is 4.90 Å². The quantitative estimate of drug-likeness (QED) is 0.846. The van der Waals surface area contributed by atoms with Gasteiger partial charge in [-0.3, -0.25) is 4.68 Å². The minimum atomic E-state index is 0.0326. The molecule has 0 radical (unpaired) electrons. The zero-order valence-electron chi connectivity index (χ0n) is 10.8. The van der Waals surface area contributed by atoms with Crippen LogP contribution in [0.25, 0.3) is 0 Å². The molecule has 96 valence electrons. The van der Waals surface area contributed by atoms with Crippen molar-refractivity contribution >= 4 is 5.82 Å². The maximum absolute atomic E-state index is 9.41. The van der Waals surface area contributed by atoms with Crippen LogP contribution in [0.3, 0.4) is 0 Å². The SMILES string of the molecule is Cc1nn(C)c(N(C)CC2CCCO2)c1CO. The fourth-order valence-corrected chi connectivity index (χ4v) is 2.53. The van der Waals surface area contributed by atoms with Crippen molar-refractivity contribution in [1.29, 1.82) is 0 Å². The van der Waals surface area contributed by atoms with Gasteiger partial charge in [0, 0.05) is 32.8 Å². The van der Waals surface area contributed by atoms with Crippen molar-refractivity contribution in [2.24, 2.45) is 7.05 Å². The first-order chi connectivity index (χ1) is 8.13. The number of anilines is 1. The van der Waals surface area contributed by atoms with Gasteiger partial charge in [-0.2, -0.15) is 5.10 Å². The molecule has 17 heavy (non-hydrogen) atoms. The Labute approximate surface area is 102 Å². The Balaban J connectivity index is 2.14. The summed E-state index contributed by atoms with van der Waals surface area (Å²) in [6.07, 6.45) is 2.58. The van der Waals surface area contributed by atoms with E-state index in [1.807, 2.05) is 25.7 Å². The molecule has 1 atom stereocenters. The summed E-state index contributed by atoms with van der Waals surface area (Å²) in [6, 6.07) is 0. The smallest absolute Gasteiger partial charge is 0.132 e. The Kier molecular flexibility index (Phi) is 3.69. The fourth-order valence-electron chi connectivity index (χ4n) is 2.53. The van der Waals surface area contributed by atoms with Gasteiger partial charge < -0.3 is 14.7 Å². The third-order valence-electron chi connectivity index (χ3n) is 3.33. The number of hydrogen-bond donors (Lipinski definition) is 1. The van der Waals surface area contributed by atoms with E-state index in [0.717, 1.165) is 43.1 Å². The molecule has 0 spiro atoms. The van der Waals surface area contributed by atoms with E-state index < -0.39 is 0 Å². The molecule has 0 aliphatic carbocycles. The van der Waals surface area contributed by atoms with Gasteiger partial charge >= 0.3 is 0 Å². The molecule has 2 heterocycles. The highest BCUT2D eigenvalue weighted by Gasteiger charge is 2.21. The summed E-state index contributed by atoms with van der Waals surface area (Å²) in [7, 11) is 3.94. The molecular weight excluding hydrogens is 218 g/mol. The molecule has 0 aromatic carbocycles. The van der Waals surface area contributed by atoms with Gasteiger partial charge in [-0.05, 0) is 19.8 Å². The first-order valence-corrected chi connectivity index (χ1v) is 6.09. The van der Waals surface area contributed by atoms with Crippen molar-refractivity contribution in [3.63, 3.8) is 0 Å². The largest absolute Gasteiger partial charge is 0.391 e. The highest BCUT2D eigenvalue weighted by Crippen LogP contribution is 2.24. The van der Waals surface area contributed by atoms with E-state index in [2.05, 4.69) is 10.00 Å². The van der Waals surface area contributed by atoms with Crippen LogP contribution in [-0.4, -0.2) is 41.2 Å².